The summed E-state index contributed by atoms with van der Waals surface area (Å²) in [4.78, 5) is 24.0. The molecule has 20 heavy (non-hydrogen) atoms. The first-order valence-corrected chi connectivity index (χ1v) is 7.10. The number of para-hydroxylation sites is 1. The summed E-state index contributed by atoms with van der Waals surface area (Å²) in [7, 11) is 0. The van der Waals surface area contributed by atoms with Crippen molar-refractivity contribution in [3.63, 3.8) is 0 Å². The normalized spacial score (nSPS) is 10.1. The molecule has 2 rings (SSSR count). The van der Waals surface area contributed by atoms with Crippen LogP contribution in [-0.4, -0.2) is 11.7 Å². The quantitative estimate of drug-likeness (QED) is 0.849. The predicted molar refractivity (Wildman–Crippen MR) is 83.2 cm³/mol. The van der Waals surface area contributed by atoms with E-state index >= 15 is 0 Å². The van der Waals surface area contributed by atoms with Gasteiger partial charge in [0.1, 0.15) is 0 Å². The van der Waals surface area contributed by atoms with Gasteiger partial charge in [-0.1, -0.05) is 35.0 Å². The molecular weight excluding hydrogens is 318 g/mol. The number of hydrogen-bond donors (Lipinski definition) is 1. The minimum absolute atomic E-state index is 0.0108. The Hall–Kier alpha value is -1.94. The molecule has 0 radical (unpaired) electrons. The van der Waals surface area contributed by atoms with E-state index in [2.05, 4.69) is 21.2 Å². The Morgan fingerprint density at radius 3 is 2.35 bits per heavy atom. The molecule has 1 N–H and O–H groups in total. The number of anilines is 1. The Kier molecular flexibility index (Phi) is 4.69. The summed E-state index contributed by atoms with van der Waals surface area (Å²) < 4.78 is 0.913. The van der Waals surface area contributed by atoms with Crippen molar-refractivity contribution in [3.8, 4) is 0 Å². The van der Waals surface area contributed by atoms with Gasteiger partial charge in [0.25, 0.3) is 5.91 Å². The van der Waals surface area contributed by atoms with Crippen LogP contribution < -0.4 is 5.32 Å². The van der Waals surface area contributed by atoms with Crippen LogP contribution in [0.4, 0.5) is 5.69 Å². The fourth-order valence-corrected chi connectivity index (χ4v) is 2.09. The standard InChI is InChI=1S/C16H14BrNO2/c1-2-15(19)13-5-3-4-6-14(13)18-16(20)11-7-9-12(17)10-8-11/h3-10H,2H2,1H3,(H,18,20). The van der Waals surface area contributed by atoms with E-state index in [0.29, 0.717) is 23.2 Å². The van der Waals surface area contributed by atoms with E-state index in [9.17, 15) is 9.59 Å². The maximum absolute atomic E-state index is 12.2. The summed E-state index contributed by atoms with van der Waals surface area (Å²) in [5.41, 5.74) is 1.64. The number of nitrogens with one attached hydrogen (secondary N) is 1. The second-order valence-electron chi connectivity index (χ2n) is 4.28. The highest BCUT2D eigenvalue weighted by Crippen LogP contribution is 2.18. The van der Waals surface area contributed by atoms with Gasteiger partial charge in [-0.25, -0.2) is 0 Å². The fraction of sp³-hybridized carbons (Fsp3) is 0.125. The number of halogens is 1. The number of Topliss-reactive ketones (excluding diaryl/α,β-unsaturated/α-hetero) is 1. The smallest absolute Gasteiger partial charge is 0.255 e. The third kappa shape index (κ3) is 3.33. The summed E-state index contributed by atoms with van der Waals surface area (Å²) in [6.07, 6.45) is 0.408. The van der Waals surface area contributed by atoms with Crippen LogP contribution in [0.5, 0.6) is 0 Å². The molecule has 0 aliphatic carbocycles. The first-order valence-electron chi connectivity index (χ1n) is 6.31. The number of carbonyl (C=O) groups excluding carboxylic acids is 2. The lowest BCUT2D eigenvalue weighted by Crippen LogP contribution is -2.14. The number of amides is 1. The fourth-order valence-electron chi connectivity index (χ4n) is 1.82. The van der Waals surface area contributed by atoms with Crippen LogP contribution in [0.15, 0.2) is 53.0 Å². The van der Waals surface area contributed by atoms with Gasteiger partial charge in [0.15, 0.2) is 5.78 Å². The van der Waals surface area contributed by atoms with Crippen molar-refractivity contribution in [2.75, 3.05) is 5.32 Å². The third-order valence-electron chi connectivity index (χ3n) is 2.90. The molecule has 0 fully saturated rings. The van der Waals surface area contributed by atoms with Gasteiger partial charge in [-0.3, -0.25) is 9.59 Å². The maximum atomic E-state index is 12.2. The number of hydrogen-bond acceptors (Lipinski definition) is 2. The molecule has 0 heterocycles. The van der Waals surface area contributed by atoms with Crippen molar-refractivity contribution in [2.24, 2.45) is 0 Å². The molecule has 2 aromatic rings. The lowest BCUT2D eigenvalue weighted by atomic mass is 10.1. The number of rotatable bonds is 4. The average molecular weight is 332 g/mol. The van der Waals surface area contributed by atoms with Crippen molar-refractivity contribution in [1.29, 1.82) is 0 Å². The van der Waals surface area contributed by atoms with Crippen LogP contribution in [-0.2, 0) is 0 Å². The zero-order valence-electron chi connectivity index (χ0n) is 11.0. The van der Waals surface area contributed by atoms with Gasteiger partial charge < -0.3 is 5.32 Å². The van der Waals surface area contributed by atoms with Gasteiger partial charge in [0, 0.05) is 22.0 Å². The Labute approximate surface area is 126 Å². The second-order valence-corrected chi connectivity index (χ2v) is 5.20. The van der Waals surface area contributed by atoms with Gasteiger partial charge in [-0.2, -0.15) is 0 Å². The van der Waals surface area contributed by atoms with E-state index in [4.69, 9.17) is 0 Å². The van der Waals surface area contributed by atoms with E-state index in [1.165, 1.54) is 0 Å². The Morgan fingerprint density at radius 1 is 1.05 bits per heavy atom. The number of ketones is 1. The molecule has 0 saturated heterocycles. The summed E-state index contributed by atoms with van der Waals surface area (Å²) in [5.74, 6) is -0.217. The topological polar surface area (TPSA) is 46.2 Å². The first-order chi connectivity index (χ1) is 9.61. The average Bonchev–Trinajstić information content (AvgIpc) is 2.47. The highest BCUT2D eigenvalue weighted by atomic mass is 79.9. The zero-order valence-corrected chi connectivity index (χ0v) is 12.6. The molecule has 0 spiro atoms. The highest BCUT2D eigenvalue weighted by Gasteiger charge is 2.12. The molecule has 4 heteroatoms. The van der Waals surface area contributed by atoms with Crippen molar-refractivity contribution < 1.29 is 9.59 Å². The molecule has 102 valence electrons. The largest absolute Gasteiger partial charge is 0.321 e. The molecule has 0 aromatic heterocycles. The molecule has 3 nitrogen and oxygen atoms in total. The molecule has 0 unspecified atom stereocenters. The SMILES string of the molecule is CCC(=O)c1ccccc1NC(=O)c1ccc(Br)cc1. The van der Waals surface area contributed by atoms with Gasteiger partial charge >= 0.3 is 0 Å². The number of carbonyl (C=O) groups is 2. The molecular formula is C16H14BrNO2. The maximum Gasteiger partial charge on any atom is 0.255 e. The van der Waals surface area contributed by atoms with Crippen LogP contribution in [0.3, 0.4) is 0 Å². The molecule has 0 bridgehead atoms. The van der Waals surface area contributed by atoms with E-state index in [0.717, 1.165) is 4.47 Å². The molecule has 0 saturated carbocycles. The summed E-state index contributed by atoms with van der Waals surface area (Å²) in [6.45, 7) is 1.80. The van der Waals surface area contributed by atoms with Gasteiger partial charge in [0.2, 0.25) is 0 Å². The Bertz CT molecular complexity index is 635. The molecule has 0 aliphatic rings. The Morgan fingerprint density at radius 2 is 1.70 bits per heavy atom. The summed E-state index contributed by atoms with van der Waals surface area (Å²) >= 11 is 3.33. The number of benzene rings is 2. The predicted octanol–water partition coefficient (Wildman–Crippen LogP) is 4.29. The minimum Gasteiger partial charge on any atom is -0.321 e. The van der Waals surface area contributed by atoms with Crippen LogP contribution in [0, 0.1) is 0 Å². The molecule has 1 amide bonds. The summed E-state index contributed by atoms with van der Waals surface area (Å²) in [6, 6.07) is 14.1. The van der Waals surface area contributed by atoms with Gasteiger partial charge in [-0.15, -0.1) is 0 Å². The van der Waals surface area contributed by atoms with Crippen LogP contribution in [0.1, 0.15) is 34.1 Å². The third-order valence-corrected chi connectivity index (χ3v) is 3.43. The minimum atomic E-state index is -0.228. The van der Waals surface area contributed by atoms with E-state index < -0.39 is 0 Å². The summed E-state index contributed by atoms with van der Waals surface area (Å²) in [5, 5.41) is 2.79. The molecule has 2 aromatic carbocycles. The van der Waals surface area contributed by atoms with Crippen LogP contribution >= 0.6 is 15.9 Å². The highest BCUT2D eigenvalue weighted by molar-refractivity contribution is 9.10. The zero-order chi connectivity index (χ0) is 14.5. The van der Waals surface area contributed by atoms with Crippen LogP contribution in [0.2, 0.25) is 0 Å². The van der Waals surface area contributed by atoms with Crippen molar-refractivity contribution in [1.82, 2.24) is 0 Å². The Balaban J connectivity index is 2.24. The second kappa shape index (κ2) is 6.48. The van der Waals surface area contributed by atoms with Crippen molar-refractivity contribution in [3.05, 3.63) is 64.1 Å². The molecule has 0 atom stereocenters. The van der Waals surface area contributed by atoms with Crippen LogP contribution in [0.25, 0.3) is 0 Å². The lowest BCUT2D eigenvalue weighted by molar-refractivity contribution is 0.0989. The van der Waals surface area contributed by atoms with E-state index in [1.54, 1.807) is 55.5 Å². The van der Waals surface area contributed by atoms with Crippen molar-refractivity contribution >= 4 is 33.3 Å². The monoisotopic (exact) mass is 331 g/mol. The van der Waals surface area contributed by atoms with E-state index in [1.807, 2.05) is 0 Å². The van der Waals surface area contributed by atoms with E-state index in [-0.39, 0.29) is 11.7 Å². The van der Waals surface area contributed by atoms with Crippen molar-refractivity contribution in [2.45, 2.75) is 13.3 Å². The molecule has 0 aliphatic heterocycles. The van der Waals surface area contributed by atoms with Gasteiger partial charge in [-0.05, 0) is 36.4 Å². The van der Waals surface area contributed by atoms with Gasteiger partial charge in [0.05, 0.1) is 5.69 Å². The lowest BCUT2D eigenvalue weighted by Gasteiger charge is -2.09. The first kappa shape index (κ1) is 14.5.